The van der Waals surface area contributed by atoms with Crippen molar-refractivity contribution in [1.82, 2.24) is 5.32 Å². The zero-order valence-electron chi connectivity index (χ0n) is 13.4. The molecule has 0 saturated carbocycles. The van der Waals surface area contributed by atoms with E-state index in [1.807, 2.05) is 38.1 Å². The van der Waals surface area contributed by atoms with Crippen molar-refractivity contribution in [2.45, 2.75) is 32.4 Å². The average molecular weight is 358 g/mol. The van der Waals surface area contributed by atoms with Crippen LogP contribution in [0.1, 0.15) is 31.9 Å². The summed E-state index contributed by atoms with van der Waals surface area (Å²) in [6.07, 6.45) is 0.714. The van der Waals surface area contributed by atoms with Crippen molar-refractivity contribution in [2.75, 3.05) is 6.54 Å². The van der Waals surface area contributed by atoms with Crippen molar-refractivity contribution in [3.05, 3.63) is 34.9 Å². The van der Waals surface area contributed by atoms with Crippen LogP contribution in [-0.4, -0.2) is 40.8 Å². The predicted octanol–water partition coefficient (Wildman–Crippen LogP) is 2.10. The molecular formula is C16H20ClNO6. The molecular weight excluding hydrogens is 338 g/mol. The number of hydrogen-bond donors (Lipinski definition) is 3. The van der Waals surface area contributed by atoms with E-state index in [9.17, 15) is 4.79 Å². The molecule has 0 amide bonds. The molecule has 2 atom stereocenters. The van der Waals surface area contributed by atoms with Crippen LogP contribution in [0.5, 0.6) is 0 Å². The van der Waals surface area contributed by atoms with Gasteiger partial charge in [0.05, 0.1) is 12.0 Å². The van der Waals surface area contributed by atoms with Gasteiger partial charge in [-0.25, -0.2) is 9.59 Å². The first-order valence-corrected chi connectivity index (χ1v) is 7.76. The Balaban J connectivity index is 0.000000413. The first-order chi connectivity index (χ1) is 11.2. The summed E-state index contributed by atoms with van der Waals surface area (Å²) in [6.45, 7) is 4.54. The van der Waals surface area contributed by atoms with Crippen LogP contribution < -0.4 is 5.32 Å². The second kappa shape index (κ2) is 9.24. The van der Waals surface area contributed by atoms with Gasteiger partial charge in [-0.05, 0) is 38.4 Å². The fourth-order valence-corrected chi connectivity index (χ4v) is 2.58. The Hall–Kier alpha value is -2.12. The van der Waals surface area contributed by atoms with Crippen molar-refractivity contribution >= 4 is 29.5 Å². The maximum atomic E-state index is 12.0. The topological polar surface area (TPSA) is 113 Å². The minimum atomic E-state index is -1.82. The average Bonchev–Trinajstić information content (AvgIpc) is 2.97. The van der Waals surface area contributed by atoms with Crippen LogP contribution in [0, 0.1) is 5.92 Å². The standard InChI is InChI=1S/C14H18ClNO2.C2H2O4/c1-9(2)18-14(17)11-7-8-16-13(11)10-5-3-4-6-12(10)15;3-1(4)2(5)6/h3-6,9,11,13,16H,7-8H2,1-2H3;(H,3,4)(H,5,6)/t11-,13?;/m0./s1. The van der Waals surface area contributed by atoms with Gasteiger partial charge in [-0.15, -0.1) is 0 Å². The first-order valence-electron chi connectivity index (χ1n) is 7.38. The molecule has 0 radical (unpaired) electrons. The van der Waals surface area contributed by atoms with Gasteiger partial charge >= 0.3 is 17.9 Å². The lowest BCUT2D eigenvalue weighted by atomic mass is 9.94. The van der Waals surface area contributed by atoms with E-state index in [4.69, 9.17) is 36.1 Å². The van der Waals surface area contributed by atoms with Gasteiger partial charge in [0.2, 0.25) is 0 Å². The molecule has 3 N–H and O–H groups in total. The number of esters is 1. The fraction of sp³-hybridized carbons (Fsp3) is 0.438. The van der Waals surface area contributed by atoms with Crippen molar-refractivity contribution in [3.8, 4) is 0 Å². The van der Waals surface area contributed by atoms with E-state index in [1.165, 1.54) is 0 Å². The minimum Gasteiger partial charge on any atom is -0.473 e. The quantitative estimate of drug-likeness (QED) is 0.560. The zero-order chi connectivity index (χ0) is 18.3. The van der Waals surface area contributed by atoms with E-state index in [0.29, 0.717) is 5.02 Å². The molecule has 1 aliphatic rings. The number of benzene rings is 1. The van der Waals surface area contributed by atoms with Gasteiger partial charge in [0, 0.05) is 11.1 Å². The van der Waals surface area contributed by atoms with Gasteiger partial charge in [0.15, 0.2) is 0 Å². The third kappa shape index (κ3) is 5.82. The molecule has 0 bridgehead atoms. The summed E-state index contributed by atoms with van der Waals surface area (Å²) in [7, 11) is 0. The molecule has 1 unspecified atom stereocenters. The summed E-state index contributed by atoms with van der Waals surface area (Å²) >= 11 is 6.19. The maximum absolute atomic E-state index is 12.0. The van der Waals surface area contributed by atoms with E-state index >= 15 is 0 Å². The number of carbonyl (C=O) groups is 3. The van der Waals surface area contributed by atoms with Crippen LogP contribution in [0.15, 0.2) is 24.3 Å². The van der Waals surface area contributed by atoms with E-state index in [1.54, 1.807) is 0 Å². The Labute approximate surface area is 144 Å². The zero-order valence-corrected chi connectivity index (χ0v) is 14.1. The highest BCUT2D eigenvalue weighted by molar-refractivity contribution is 6.31. The molecule has 1 fully saturated rings. The lowest BCUT2D eigenvalue weighted by molar-refractivity contribution is -0.159. The summed E-state index contributed by atoms with van der Waals surface area (Å²) in [5.41, 5.74) is 0.974. The number of ether oxygens (including phenoxy) is 1. The molecule has 1 aromatic rings. The van der Waals surface area contributed by atoms with Gasteiger partial charge in [0.1, 0.15) is 0 Å². The van der Waals surface area contributed by atoms with E-state index in [-0.39, 0.29) is 24.0 Å². The number of carboxylic acid groups (broad SMARTS) is 2. The van der Waals surface area contributed by atoms with Crippen molar-refractivity contribution in [3.63, 3.8) is 0 Å². The number of carbonyl (C=O) groups excluding carboxylic acids is 1. The summed E-state index contributed by atoms with van der Waals surface area (Å²) in [5, 5.41) is 18.8. The third-order valence-electron chi connectivity index (χ3n) is 3.30. The highest BCUT2D eigenvalue weighted by Gasteiger charge is 2.36. The number of halogens is 1. The molecule has 1 saturated heterocycles. The molecule has 0 aromatic heterocycles. The summed E-state index contributed by atoms with van der Waals surface area (Å²) < 4.78 is 5.30. The maximum Gasteiger partial charge on any atom is 0.414 e. The highest BCUT2D eigenvalue weighted by Crippen LogP contribution is 2.34. The Kier molecular flexibility index (Phi) is 7.67. The second-order valence-corrected chi connectivity index (χ2v) is 5.85. The van der Waals surface area contributed by atoms with Crippen LogP contribution in [0.25, 0.3) is 0 Å². The number of aliphatic carboxylic acids is 2. The molecule has 1 aliphatic heterocycles. The predicted molar refractivity (Wildman–Crippen MR) is 86.8 cm³/mol. The largest absolute Gasteiger partial charge is 0.473 e. The van der Waals surface area contributed by atoms with Gasteiger partial charge < -0.3 is 20.3 Å². The summed E-state index contributed by atoms with van der Waals surface area (Å²) in [6, 6.07) is 7.60. The van der Waals surface area contributed by atoms with E-state index in [2.05, 4.69) is 5.32 Å². The number of nitrogens with one attached hydrogen (secondary N) is 1. The van der Waals surface area contributed by atoms with Crippen LogP contribution in [0.2, 0.25) is 5.02 Å². The van der Waals surface area contributed by atoms with Crippen molar-refractivity contribution in [1.29, 1.82) is 0 Å². The van der Waals surface area contributed by atoms with Crippen LogP contribution in [-0.2, 0) is 19.1 Å². The molecule has 1 heterocycles. The van der Waals surface area contributed by atoms with Crippen LogP contribution in [0.3, 0.4) is 0 Å². The normalized spacial score (nSPS) is 19.3. The van der Waals surface area contributed by atoms with Crippen LogP contribution >= 0.6 is 11.6 Å². The molecule has 0 aliphatic carbocycles. The smallest absolute Gasteiger partial charge is 0.414 e. The summed E-state index contributed by atoms with van der Waals surface area (Å²) in [5.74, 6) is -3.93. The minimum absolute atomic E-state index is 0.0371. The number of carboxylic acids is 2. The van der Waals surface area contributed by atoms with Gasteiger partial charge in [-0.3, -0.25) is 4.79 Å². The monoisotopic (exact) mass is 357 g/mol. The lowest BCUT2D eigenvalue weighted by Crippen LogP contribution is -2.27. The molecule has 24 heavy (non-hydrogen) atoms. The van der Waals surface area contributed by atoms with Gasteiger partial charge in [-0.1, -0.05) is 29.8 Å². The fourth-order valence-electron chi connectivity index (χ4n) is 2.33. The first kappa shape index (κ1) is 19.9. The Morgan fingerprint density at radius 1 is 1.21 bits per heavy atom. The van der Waals surface area contributed by atoms with Gasteiger partial charge in [0.25, 0.3) is 0 Å². The second-order valence-electron chi connectivity index (χ2n) is 5.44. The van der Waals surface area contributed by atoms with Crippen molar-refractivity contribution < 1.29 is 29.3 Å². The molecule has 2 rings (SSSR count). The Morgan fingerprint density at radius 3 is 2.29 bits per heavy atom. The molecule has 1 aromatic carbocycles. The Bertz CT molecular complexity index is 592. The molecule has 7 nitrogen and oxygen atoms in total. The molecule has 8 heteroatoms. The van der Waals surface area contributed by atoms with Crippen LogP contribution in [0.4, 0.5) is 0 Å². The van der Waals surface area contributed by atoms with E-state index in [0.717, 1.165) is 18.5 Å². The lowest BCUT2D eigenvalue weighted by Gasteiger charge is -2.21. The van der Waals surface area contributed by atoms with Crippen molar-refractivity contribution in [2.24, 2.45) is 5.92 Å². The highest BCUT2D eigenvalue weighted by atomic mass is 35.5. The molecule has 132 valence electrons. The number of rotatable bonds is 3. The van der Waals surface area contributed by atoms with E-state index < -0.39 is 11.9 Å². The number of hydrogen-bond acceptors (Lipinski definition) is 5. The third-order valence-corrected chi connectivity index (χ3v) is 3.64. The van der Waals surface area contributed by atoms with Gasteiger partial charge in [-0.2, -0.15) is 0 Å². The summed E-state index contributed by atoms with van der Waals surface area (Å²) in [4.78, 5) is 30.2. The SMILES string of the molecule is CC(C)OC(=O)[C@H]1CCNC1c1ccccc1Cl.O=C(O)C(=O)O. The molecule has 0 spiro atoms. The Morgan fingerprint density at radius 2 is 1.79 bits per heavy atom.